The van der Waals surface area contributed by atoms with Crippen LogP contribution in [0.25, 0.3) is 0 Å². The third-order valence-electron chi connectivity index (χ3n) is 3.73. The molecule has 2 fully saturated rings. The minimum absolute atomic E-state index is 0.0142. The number of aromatic carboxylic acids is 1. The first-order chi connectivity index (χ1) is 7.70. The molecule has 0 aliphatic heterocycles. The van der Waals surface area contributed by atoms with Gasteiger partial charge in [-0.15, -0.1) is 0 Å². The lowest BCUT2D eigenvalue weighted by Gasteiger charge is -2.26. The van der Waals surface area contributed by atoms with Gasteiger partial charge in [-0.3, -0.25) is 0 Å². The van der Waals surface area contributed by atoms with E-state index in [-0.39, 0.29) is 5.69 Å². The average Bonchev–Trinajstić information content (AvgIpc) is 2.93. The van der Waals surface area contributed by atoms with E-state index in [9.17, 15) is 4.79 Å². The molecule has 0 aromatic carbocycles. The summed E-state index contributed by atoms with van der Waals surface area (Å²) >= 11 is 0. The molecule has 0 radical (unpaired) electrons. The number of rotatable bonds is 3. The fourth-order valence-electron chi connectivity index (χ4n) is 2.43. The van der Waals surface area contributed by atoms with Gasteiger partial charge in [0.2, 0.25) is 0 Å². The smallest absolute Gasteiger partial charge is 0.356 e. The number of hydrogen-bond acceptors (Lipinski definition) is 4. The summed E-state index contributed by atoms with van der Waals surface area (Å²) in [6.45, 7) is 0. The highest BCUT2D eigenvalue weighted by Crippen LogP contribution is 2.61. The van der Waals surface area contributed by atoms with E-state index in [2.05, 4.69) is 15.3 Å². The van der Waals surface area contributed by atoms with Gasteiger partial charge in [0.05, 0.1) is 12.4 Å². The van der Waals surface area contributed by atoms with Crippen LogP contribution in [0.4, 0.5) is 5.82 Å². The van der Waals surface area contributed by atoms with Gasteiger partial charge in [-0.1, -0.05) is 6.42 Å². The van der Waals surface area contributed by atoms with Crippen molar-refractivity contribution in [2.45, 2.75) is 31.7 Å². The first kappa shape index (κ1) is 9.57. The average molecular weight is 219 g/mol. The highest BCUT2D eigenvalue weighted by atomic mass is 16.4. The van der Waals surface area contributed by atoms with Gasteiger partial charge in [0.25, 0.3) is 0 Å². The van der Waals surface area contributed by atoms with Gasteiger partial charge in [-0.2, -0.15) is 0 Å². The van der Waals surface area contributed by atoms with Crippen LogP contribution in [0.2, 0.25) is 0 Å². The number of hydrogen-bond donors (Lipinski definition) is 2. The number of carboxylic acids is 1. The van der Waals surface area contributed by atoms with Crippen molar-refractivity contribution in [2.24, 2.45) is 5.41 Å². The molecule has 84 valence electrons. The Kier molecular flexibility index (Phi) is 1.89. The van der Waals surface area contributed by atoms with Crippen LogP contribution in [0.15, 0.2) is 12.4 Å². The zero-order valence-corrected chi connectivity index (χ0v) is 8.81. The topological polar surface area (TPSA) is 75.1 Å². The molecular weight excluding hydrogens is 206 g/mol. The summed E-state index contributed by atoms with van der Waals surface area (Å²) in [7, 11) is 0. The zero-order valence-electron chi connectivity index (χ0n) is 8.81. The quantitative estimate of drug-likeness (QED) is 0.806. The van der Waals surface area contributed by atoms with Gasteiger partial charge in [0, 0.05) is 6.04 Å². The van der Waals surface area contributed by atoms with Crippen LogP contribution < -0.4 is 5.32 Å². The standard InChI is InChI=1S/C11H13N3O2/c15-10(16)7-5-13-9(6-12-7)14-8-4-11(8)2-1-3-11/h5-6,8H,1-4H2,(H,13,14)(H,15,16). The molecule has 1 atom stereocenters. The molecule has 1 aromatic heterocycles. The van der Waals surface area contributed by atoms with Crippen molar-refractivity contribution < 1.29 is 9.90 Å². The van der Waals surface area contributed by atoms with E-state index in [4.69, 9.17) is 5.11 Å². The number of aromatic nitrogens is 2. The van der Waals surface area contributed by atoms with Crippen molar-refractivity contribution >= 4 is 11.8 Å². The number of carbonyl (C=O) groups is 1. The van der Waals surface area contributed by atoms with Crippen LogP contribution in [-0.4, -0.2) is 27.1 Å². The van der Waals surface area contributed by atoms with E-state index in [1.165, 1.54) is 38.1 Å². The fraction of sp³-hybridized carbons (Fsp3) is 0.545. The minimum Gasteiger partial charge on any atom is -0.476 e. The molecule has 2 N–H and O–H groups in total. The third-order valence-corrected chi connectivity index (χ3v) is 3.73. The SMILES string of the molecule is O=C(O)c1cnc(NC2CC23CCC3)cn1. The largest absolute Gasteiger partial charge is 0.476 e. The van der Waals surface area contributed by atoms with Crippen LogP contribution in [-0.2, 0) is 0 Å². The predicted octanol–water partition coefficient (Wildman–Crippen LogP) is 1.53. The van der Waals surface area contributed by atoms with E-state index in [1.54, 1.807) is 0 Å². The van der Waals surface area contributed by atoms with Crippen LogP contribution >= 0.6 is 0 Å². The number of anilines is 1. The molecule has 2 saturated carbocycles. The maximum atomic E-state index is 10.6. The predicted molar refractivity (Wildman–Crippen MR) is 57.3 cm³/mol. The second kappa shape index (κ2) is 3.17. The van der Waals surface area contributed by atoms with Crippen LogP contribution in [0.1, 0.15) is 36.2 Å². The molecule has 0 bridgehead atoms. The Morgan fingerprint density at radius 2 is 2.25 bits per heavy atom. The summed E-state index contributed by atoms with van der Waals surface area (Å²) in [5.41, 5.74) is 0.521. The molecule has 1 heterocycles. The van der Waals surface area contributed by atoms with Gasteiger partial charge in [-0.05, 0) is 24.7 Å². The first-order valence-electron chi connectivity index (χ1n) is 5.51. The Balaban J connectivity index is 1.65. The van der Waals surface area contributed by atoms with Gasteiger partial charge >= 0.3 is 5.97 Å². The first-order valence-corrected chi connectivity index (χ1v) is 5.51. The maximum absolute atomic E-state index is 10.6. The molecule has 1 spiro atoms. The summed E-state index contributed by atoms with van der Waals surface area (Å²) in [5, 5.41) is 12.0. The molecule has 5 nitrogen and oxygen atoms in total. The highest BCUT2D eigenvalue weighted by molar-refractivity contribution is 5.84. The van der Waals surface area contributed by atoms with Crippen LogP contribution in [0.3, 0.4) is 0 Å². The van der Waals surface area contributed by atoms with E-state index in [1.807, 2.05) is 0 Å². The second-order valence-electron chi connectivity index (χ2n) is 4.71. The molecule has 16 heavy (non-hydrogen) atoms. The Bertz CT molecular complexity index is 425. The maximum Gasteiger partial charge on any atom is 0.356 e. The van der Waals surface area contributed by atoms with Crippen molar-refractivity contribution in [3.05, 3.63) is 18.1 Å². The van der Waals surface area contributed by atoms with E-state index < -0.39 is 5.97 Å². The van der Waals surface area contributed by atoms with Crippen LogP contribution in [0.5, 0.6) is 0 Å². The van der Waals surface area contributed by atoms with Crippen molar-refractivity contribution in [1.29, 1.82) is 0 Å². The fourth-order valence-corrected chi connectivity index (χ4v) is 2.43. The Morgan fingerprint density at radius 3 is 2.69 bits per heavy atom. The normalized spacial score (nSPS) is 24.9. The van der Waals surface area contributed by atoms with E-state index >= 15 is 0 Å². The van der Waals surface area contributed by atoms with Gasteiger partial charge in [0.1, 0.15) is 5.82 Å². The summed E-state index contributed by atoms with van der Waals surface area (Å²) in [6, 6.07) is 0.520. The number of nitrogens with one attached hydrogen (secondary N) is 1. The van der Waals surface area contributed by atoms with Crippen molar-refractivity contribution in [3.63, 3.8) is 0 Å². The van der Waals surface area contributed by atoms with E-state index in [0.29, 0.717) is 17.3 Å². The molecular formula is C11H13N3O2. The monoisotopic (exact) mass is 219 g/mol. The summed E-state index contributed by atoms with van der Waals surface area (Å²) in [4.78, 5) is 18.5. The van der Waals surface area contributed by atoms with Crippen molar-refractivity contribution in [3.8, 4) is 0 Å². The summed E-state index contributed by atoms with van der Waals surface area (Å²) in [6.07, 6.45) is 7.96. The number of nitrogens with zero attached hydrogens (tertiary/aromatic N) is 2. The van der Waals surface area contributed by atoms with Gasteiger partial charge in [-0.25, -0.2) is 14.8 Å². The molecule has 2 aliphatic rings. The Hall–Kier alpha value is -1.65. The molecule has 0 amide bonds. The molecule has 3 rings (SSSR count). The van der Waals surface area contributed by atoms with Crippen molar-refractivity contribution in [1.82, 2.24) is 9.97 Å². The lowest BCUT2D eigenvalue weighted by atomic mass is 9.81. The summed E-state index contributed by atoms with van der Waals surface area (Å²) in [5.74, 6) is -0.361. The van der Waals surface area contributed by atoms with Gasteiger partial charge < -0.3 is 10.4 Å². The molecule has 2 aliphatic carbocycles. The lowest BCUT2D eigenvalue weighted by Crippen LogP contribution is -2.21. The molecule has 1 aromatic rings. The molecule has 1 unspecified atom stereocenters. The third kappa shape index (κ3) is 1.43. The highest BCUT2D eigenvalue weighted by Gasteiger charge is 2.57. The number of carboxylic acid groups (broad SMARTS) is 1. The second-order valence-corrected chi connectivity index (χ2v) is 4.71. The Morgan fingerprint density at radius 1 is 1.44 bits per heavy atom. The lowest BCUT2D eigenvalue weighted by molar-refractivity contribution is 0.0690. The minimum atomic E-state index is -1.04. The Labute approximate surface area is 92.9 Å². The van der Waals surface area contributed by atoms with Gasteiger partial charge in [0.15, 0.2) is 5.69 Å². The zero-order chi connectivity index (χ0) is 11.2. The molecule has 5 heteroatoms. The summed E-state index contributed by atoms with van der Waals surface area (Å²) < 4.78 is 0. The molecule has 0 saturated heterocycles. The van der Waals surface area contributed by atoms with Crippen molar-refractivity contribution in [2.75, 3.05) is 5.32 Å². The van der Waals surface area contributed by atoms with E-state index in [0.717, 1.165) is 0 Å². The van der Waals surface area contributed by atoms with Crippen LogP contribution in [0, 0.1) is 5.41 Å².